The van der Waals surface area contributed by atoms with Crippen molar-refractivity contribution < 1.29 is 13.9 Å². The van der Waals surface area contributed by atoms with Gasteiger partial charge in [-0.1, -0.05) is 12.1 Å². The molecule has 0 bridgehead atoms. The van der Waals surface area contributed by atoms with E-state index in [1.807, 2.05) is 12.1 Å². The van der Waals surface area contributed by atoms with Gasteiger partial charge in [0, 0.05) is 5.69 Å². The Labute approximate surface area is 116 Å². The van der Waals surface area contributed by atoms with Crippen molar-refractivity contribution in [3.05, 3.63) is 53.8 Å². The van der Waals surface area contributed by atoms with Crippen LogP contribution in [0.25, 0.3) is 0 Å². The van der Waals surface area contributed by atoms with Crippen molar-refractivity contribution in [2.75, 3.05) is 17.7 Å². The topological polar surface area (TPSA) is 64.3 Å². The van der Waals surface area contributed by atoms with Gasteiger partial charge in [-0.2, -0.15) is 0 Å². The van der Waals surface area contributed by atoms with Gasteiger partial charge >= 0.3 is 5.97 Å². The van der Waals surface area contributed by atoms with Crippen LogP contribution in [-0.2, 0) is 4.74 Å². The van der Waals surface area contributed by atoms with Gasteiger partial charge in [0.15, 0.2) is 0 Å². The minimum absolute atomic E-state index is 0.0848. The van der Waals surface area contributed by atoms with Crippen molar-refractivity contribution in [2.45, 2.75) is 6.92 Å². The molecule has 3 N–H and O–H groups in total. The third-order valence-electron chi connectivity index (χ3n) is 2.70. The van der Waals surface area contributed by atoms with E-state index in [9.17, 15) is 9.18 Å². The number of nitrogen functional groups attached to an aromatic ring is 1. The zero-order chi connectivity index (χ0) is 14.5. The first-order chi connectivity index (χ1) is 9.61. The number of carbonyl (C=O) groups excluding carboxylic acids is 1. The number of hydrogen-bond acceptors (Lipinski definition) is 4. The Morgan fingerprint density at radius 3 is 2.70 bits per heavy atom. The number of nitrogens with two attached hydrogens (primary N) is 1. The summed E-state index contributed by atoms with van der Waals surface area (Å²) < 4.78 is 18.6. The Balaban J connectivity index is 2.21. The van der Waals surface area contributed by atoms with E-state index in [0.29, 0.717) is 17.1 Å². The van der Waals surface area contributed by atoms with E-state index in [1.165, 1.54) is 12.1 Å². The summed E-state index contributed by atoms with van der Waals surface area (Å²) in [7, 11) is 0. The predicted molar refractivity (Wildman–Crippen MR) is 76.5 cm³/mol. The Morgan fingerprint density at radius 1 is 1.30 bits per heavy atom. The van der Waals surface area contributed by atoms with Crippen LogP contribution in [0.4, 0.5) is 21.5 Å². The van der Waals surface area contributed by atoms with Gasteiger partial charge in [0.2, 0.25) is 0 Å². The van der Waals surface area contributed by atoms with Crippen molar-refractivity contribution >= 4 is 23.0 Å². The van der Waals surface area contributed by atoms with Gasteiger partial charge < -0.3 is 15.8 Å². The lowest BCUT2D eigenvalue weighted by Gasteiger charge is -2.10. The number of hydrogen-bond donors (Lipinski definition) is 2. The van der Waals surface area contributed by atoms with Crippen molar-refractivity contribution in [3.63, 3.8) is 0 Å². The van der Waals surface area contributed by atoms with E-state index >= 15 is 0 Å². The van der Waals surface area contributed by atoms with Gasteiger partial charge in [-0.3, -0.25) is 0 Å². The maximum atomic E-state index is 13.9. The molecule has 0 atom stereocenters. The van der Waals surface area contributed by atoms with Crippen molar-refractivity contribution in [3.8, 4) is 0 Å². The molecule has 4 nitrogen and oxygen atoms in total. The number of rotatable bonds is 4. The molecule has 0 aromatic heterocycles. The van der Waals surface area contributed by atoms with E-state index in [2.05, 4.69) is 5.32 Å². The maximum Gasteiger partial charge on any atom is 0.341 e. The molecule has 0 aliphatic carbocycles. The van der Waals surface area contributed by atoms with Gasteiger partial charge in [-0.05, 0) is 37.3 Å². The molecule has 0 aliphatic rings. The van der Waals surface area contributed by atoms with Crippen LogP contribution in [0, 0.1) is 5.82 Å². The highest BCUT2D eigenvalue weighted by Gasteiger charge is 2.13. The first kappa shape index (κ1) is 13.9. The summed E-state index contributed by atoms with van der Waals surface area (Å²) in [6, 6.07) is 11.4. The summed E-state index contributed by atoms with van der Waals surface area (Å²) in [6.45, 7) is 1.88. The zero-order valence-electron chi connectivity index (χ0n) is 11.0. The molecule has 20 heavy (non-hydrogen) atoms. The van der Waals surface area contributed by atoms with Crippen LogP contribution in [0.5, 0.6) is 0 Å². The molecule has 0 unspecified atom stereocenters. The molecular formula is C15H15FN2O2. The fourth-order valence-electron chi connectivity index (χ4n) is 1.73. The second-order valence-electron chi connectivity index (χ2n) is 4.13. The summed E-state index contributed by atoms with van der Waals surface area (Å²) in [5, 5.41) is 2.99. The molecule has 0 spiro atoms. The van der Waals surface area contributed by atoms with Gasteiger partial charge in [0.05, 0.1) is 23.5 Å². The molecule has 2 aromatic carbocycles. The number of esters is 1. The van der Waals surface area contributed by atoms with Crippen LogP contribution in [0.1, 0.15) is 17.3 Å². The Bertz CT molecular complexity index is 629. The van der Waals surface area contributed by atoms with Crippen LogP contribution in [0.2, 0.25) is 0 Å². The van der Waals surface area contributed by atoms with Crippen LogP contribution in [0.15, 0.2) is 42.5 Å². The third kappa shape index (κ3) is 3.06. The highest BCUT2D eigenvalue weighted by Crippen LogP contribution is 2.24. The molecule has 104 valence electrons. The van der Waals surface area contributed by atoms with E-state index in [4.69, 9.17) is 10.5 Å². The van der Waals surface area contributed by atoms with E-state index in [0.717, 1.165) is 0 Å². The maximum absolute atomic E-state index is 13.9. The Kier molecular flexibility index (Phi) is 4.20. The van der Waals surface area contributed by atoms with Crippen LogP contribution < -0.4 is 11.1 Å². The number of anilines is 3. The lowest BCUT2D eigenvalue weighted by molar-refractivity contribution is 0.0521. The first-order valence-electron chi connectivity index (χ1n) is 6.20. The van der Waals surface area contributed by atoms with Gasteiger partial charge in [0.1, 0.15) is 5.82 Å². The molecule has 5 heteroatoms. The summed E-state index contributed by atoms with van der Waals surface area (Å²) in [4.78, 5) is 11.5. The number of para-hydroxylation sites is 2. The molecule has 0 aliphatic heterocycles. The van der Waals surface area contributed by atoms with E-state index in [1.54, 1.807) is 25.1 Å². The van der Waals surface area contributed by atoms with Crippen LogP contribution in [0.3, 0.4) is 0 Å². The molecule has 0 fully saturated rings. The Morgan fingerprint density at radius 2 is 2.05 bits per heavy atom. The van der Waals surface area contributed by atoms with E-state index in [-0.39, 0.29) is 12.2 Å². The largest absolute Gasteiger partial charge is 0.462 e. The summed E-state index contributed by atoms with van der Waals surface area (Å²) in [5.41, 5.74) is 7.45. The van der Waals surface area contributed by atoms with Crippen molar-refractivity contribution in [2.24, 2.45) is 0 Å². The standard InChI is InChI=1S/C15H15FN2O2/c1-2-20-15(19)11-8-7-10(9-12(11)16)18-14-6-4-3-5-13(14)17/h3-9,18H,2,17H2,1H3. The normalized spacial score (nSPS) is 10.1. The van der Waals surface area contributed by atoms with Crippen LogP contribution in [-0.4, -0.2) is 12.6 Å². The minimum Gasteiger partial charge on any atom is -0.462 e. The molecule has 0 saturated heterocycles. The van der Waals surface area contributed by atoms with Gasteiger partial charge in [0.25, 0.3) is 0 Å². The second kappa shape index (κ2) is 6.06. The first-order valence-corrected chi connectivity index (χ1v) is 6.20. The Hall–Kier alpha value is -2.56. The summed E-state index contributed by atoms with van der Waals surface area (Å²) in [6.07, 6.45) is 0. The molecular weight excluding hydrogens is 259 g/mol. The van der Waals surface area contributed by atoms with Crippen LogP contribution >= 0.6 is 0 Å². The lowest BCUT2D eigenvalue weighted by atomic mass is 10.2. The number of benzene rings is 2. The average Bonchev–Trinajstić information content (AvgIpc) is 2.42. The highest BCUT2D eigenvalue weighted by atomic mass is 19.1. The molecule has 2 aromatic rings. The molecule has 2 rings (SSSR count). The van der Waals surface area contributed by atoms with Gasteiger partial charge in [-0.25, -0.2) is 9.18 Å². The summed E-state index contributed by atoms with van der Waals surface area (Å²) >= 11 is 0. The second-order valence-corrected chi connectivity index (χ2v) is 4.13. The molecule has 0 saturated carbocycles. The highest BCUT2D eigenvalue weighted by molar-refractivity contribution is 5.90. The molecule has 0 heterocycles. The zero-order valence-corrected chi connectivity index (χ0v) is 11.0. The van der Waals surface area contributed by atoms with E-state index < -0.39 is 11.8 Å². The fraction of sp³-hybridized carbons (Fsp3) is 0.133. The minimum atomic E-state index is -0.671. The summed E-state index contributed by atoms with van der Waals surface area (Å²) in [5.74, 6) is -1.31. The smallest absolute Gasteiger partial charge is 0.341 e. The van der Waals surface area contributed by atoms with Crippen molar-refractivity contribution in [1.82, 2.24) is 0 Å². The lowest BCUT2D eigenvalue weighted by Crippen LogP contribution is -2.07. The molecule has 0 amide bonds. The number of carbonyl (C=O) groups is 1. The van der Waals surface area contributed by atoms with Crippen molar-refractivity contribution in [1.29, 1.82) is 0 Å². The predicted octanol–water partition coefficient (Wildman–Crippen LogP) is 3.33. The molecule has 0 radical (unpaired) electrons. The quantitative estimate of drug-likeness (QED) is 0.663. The number of halogens is 1. The SMILES string of the molecule is CCOC(=O)c1ccc(Nc2ccccc2N)cc1F. The van der Waals surface area contributed by atoms with Gasteiger partial charge in [-0.15, -0.1) is 0 Å². The monoisotopic (exact) mass is 274 g/mol. The number of nitrogens with one attached hydrogen (secondary N) is 1. The fourth-order valence-corrected chi connectivity index (χ4v) is 1.73. The number of ether oxygens (including phenoxy) is 1. The third-order valence-corrected chi connectivity index (χ3v) is 2.70. The average molecular weight is 274 g/mol.